The first-order chi connectivity index (χ1) is 12.2. The molecule has 0 radical (unpaired) electrons. The van der Waals surface area contributed by atoms with E-state index in [4.69, 9.17) is 4.74 Å². The molecule has 6 nitrogen and oxygen atoms in total. The minimum absolute atomic E-state index is 0. The fraction of sp³-hybridized carbons (Fsp3) is 0.474. The van der Waals surface area contributed by atoms with E-state index >= 15 is 0 Å². The fourth-order valence-corrected chi connectivity index (χ4v) is 3.22. The van der Waals surface area contributed by atoms with Gasteiger partial charge in [-0.15, -0.1) is 24.0 Å². The molecule has 2 aromatic rings. The van der Waals surface area contributed by atoms with Crippen LogP contribution in [-0.4, -0.2) is 53.4 Å². The van der Waals surface area contributed by atoms with E-state index in [1.54, 1.807) is 0 Å². The third kappa shape index (κ3) is 5.36. The van der Waals surface area contributed by atoms with E-state index in [2.05, 4.69) is 33.4 Å². The Hall–Kier alpha value is -1.77. The summed E-state index contributed by atoms with van der Waals surface area (Å²) in [6.45, 7) is 4.76. The number of halogens is 1. The average molecular weight is 469 g/mol. The molecule has 0 spiro atoms. The zero-order valence-electron chi connectivity index (χ0n) is 15.6. The summed E-state index contributed by atoms with van der Waals surface area (Å²) in [5, 5.41) is 7.73. The van der Waals surface area contributed by atoms with E-state index in [0.29, 0.717) is 5.92 Å². The van der Waals surface area contributed by atoms with E-state index in [1.165, 1.54) is 5.56 Å². The van der Waals surface area contributed by atoms with E-state index in [9.17, 15) is 0 Å². The van der Waals surface area contributed by atoms with Crippen molar-refractivity contribution in [2.75, 3.05) is 26.7 Å². The standard InChI is InChI=1S/C19H27N5O.HI/c1-15(25-18-7-5-4-6-8-18)11-21-19(20-2)24-10-9-16(14-24)17-12-22-23(3)13-17;/h4-8,12-13,15-16H,9-11,14H2,1-3H3,(H,20,21);1H. The fourth-order valence-electron chi connectivity index (χ4n) is 3.22. The average Bonchev–Trinajstić information content (AvgIpc) is 3.25. The number of hydrogen-bond acceptors (Lipinski definition) is 3. The minimum Gasteiger partial charge on any atom is -0.489 e. The Labute approximate surface area is 172 Å². The number of nitrogens with one attached hydrogen (secondary N) is 1. The number of rotatable bonds is 5. The molecule has 1 aliphatic rings. The number of likely N-dealkylation sites (tertiary alicyclic amines) is 1. The first-order valence-corrected chi connectivity index (χ1v) is 8.81. The monoisotopic (exact) mass is 469 g/mol. The maximum absolute atomic E-state index is 5.92. The molecule has 142 valence electrons. The van der Waals surface area contributed by atoms with Crippen LogP contribution >= 0.6 is 24.0 Å². The molecule has 26 heavy (non-hydrogen) atoms. The summed E-state index contributed by atoms with van der Waals surface area (Å²) in [5.41, 5.74) is 1.31. The Kier molecular flexibility index (Phi) is 7.74. The highest BCUT2D eigenvalue weighted by molar-refractivity contribution is 14.0. The Balaban J connectivity index is 0.00000243. The Morgan fingerprint density at radius 1 is 1.38 bits per heavy atom. The summed E-state index contributed by atoms with van der Waals surface area (Å²) in [4.78, 5) is 6.75. The van der Waals surface area contributed by atoms with Crippen LogP contribution in [0.1, 0.15) is 24.8 Å². The molecule has 2 unspecified atom stereocenters. The van der Waals surface area contributed by atoms with Gasteiger partial charge in [0, 0.05) is 39.3 Å². The second-order valence-electron chi connectivity index (χ2n) is 6.55. The van der Waals surface area contributed by atoms with Gasteiger partial charge in [-0.3, -0.25) is 9.67 Å². The van der Waals surface area contributed by atoms with Gasteiger partial charge in [-0.1, -0.05) is 18.2 Å². The summed E-state index contributed by atoms with van der Waals surface area (Å²) < 4.78 is 7.79. The number of benzene rings is 1. The van der Waals surface area contributed by atoms with Gasteiger partial charge in [0.25, 0.3) is 0 Å². The smallest absolute Gasteiger partial charge is 0.193 e. The molecular weight excluding hydrogens is 441 g/mol. The van der Waals surface area contributed by atoms with Crippen LogP contribution in [0, 0.1) is 0 Å². The summed E-state index contributed by atoms with van der Waals surface area (Å²) in [5.74, 6) is 2.35. The molecular formula is C19H28IN5O. The third-order valence-corrected chi connectivity index (χ3v) is 4.52. The van der Waals surface area contributed by atoms with Gasteiger partial charge in [0.05, 0.1) is 12.7 Å². The summed E-state index contributed by atoms with van der Waals surface area (Å²) in [6.07, 6.45) is 5.28. The van der Waals surface area contributed by atoms with Crippen molar-refractivity contribution >= 4 is 29.9 Å². The Morgan fingerprint density at radius 2 is 2.15 bits per heavy atom. The Bertz CT molecular complexity index is 703. The second-order valence-corrected chi connectivity index (χ2v) is 6.55. The molecule has 1 aromatic carbocycles. The highest BCUT2D eigenvalue weighted by Gasteiger charge is 2.27. The van der Waals surface area contributed by atoms with Crippen LogP contribution in [0.3, 0.4) is 0 Å². The summed E-state index contributed by atoms with van der Waals surface area (Å²) >= 11 is 0. The van der Waals surface area contributed by atoms with Gasteiger partial charge in [-0.05, 0) is 31.0 Å². The lowest BCUT2D eigenvalue weighted by Gasteiger charge is -2.23. The van der Waals surface area contributed by atoms with Crippen molar-refractivity contribution < 1.29 is 4.74 Å². The number of aryl methyl sites for hydroxylation is 1. The van der Waals surface area contributed by atoms with Gasteiger partial charge in [0.2, 0.25) is 0 Å². The second kappa shape index (κ2) is 9.80. The summed E-state index contributed by atoms with van der Waals surface area (Å²) in [6, 6.07) is 9.91. The highest BCUT2D eigenvalue weighted by Crippen LogP contribution is 2.26. The van der Waals surface area contributed by atoms with Crippen LogP contribution in [0.15, 0.2) is 47.7 Å². The van der Waals surface area contributed by atoms with E-state index in [0.717, 1.165) is 37.8 Å². The van der Waals surface area contributed by atoms with Crippen molar-refractivity contribution in [3.05, 3.63) is 48.3 Å². The van der Waals surface area contributed by atoms with Gasteiger partial charge in [-0.2, -0.15) is 5.10 Å². The normalized spacial score (nSPS) is 18.3. The first-order valence-electron chi connectivity index (χ1n) is 8.81. The molecule has 0 amide bonds. The minimum atomic E-state index is 0. The van der Waals surface area contributed by atoms with E-state index in [1.807, 2.05) is 55.3 Å². The Morgan fingerprint density at radius 3 is 2.81 bits per heavy atom. The maximum atomic E-state index is 5.92. The molecule has 1 aromatic heterocycles. The number of guanidine groups is 1. The lowest BCUT2D eigenvalue weighted by atomic mass is 10.0. The van der Waals surface area contributed by atoms with Gasteiger partial charge >= 0.3 is 0 Å². The third-order valence-electron chi connectivity index (χ3n) is 4.52. The zero-order chi connectivity index (χ0) is 17.6. The number of hydrogen-bond donors (Lipinski definition) is 1. The largest absolute Gasteiger partial charge is 0.489 e. The van der Waals surface area contributed by atoms with Gasteiger partial charge < -0.3 is 15.0 Å². The maximum Gasteiger partial charge on any atom is 0.193 e. The van der Waals surface area contributed by atoms with Gasteiger partial charge in [0.15, 0.2) is 5.96 Å². The van der Waals surface area contributed by atoms with Crippen molar-refractivity contribution in [2.24, 2.45) is 12.0 Å². The number of aliphatic imine (C=N–C) groups is 1. The number of para-hydroxylation sites is 1. The molecule has 0 bridgehead atoms. The van der Waals surface area contributed by atoms with Crippen molar-refractivity contribution in [1.29, 1.82) is 0 Å². The predicted octanol–water partition coefficient (Wildman–Crippen LogP) is 2.87. The number of nitrogens with zero attached hydrogens (tertiary/aromatic N) is 4. The molecule has 0 aliphatic carbocycles. The molecule has 3 rings (SSSR count). The molecule has 2 atom stereocenters. The van der Waals surface area contributed by atoms with Crippen molar-refractivity contribution in [3.63, 3.8) is 0 Å². The van der Waals surface area contributed by atoms with E-state index in [-0.39, 0.29) is 30.1 Å². The van der Waals surface area contributed by atoms with Crippen LogP contribution in [0.2, 0.25) is 0 Å². The van der Waals surface area contributed by atoms with Crippen molar-refractivity contribution in [2.45, 2.75) is 25.4 Å². The van der Waals surface area contributed by atoms with Crippen LogP contribution < -0.4 is 10.1 Å². The zero-order valence-corrected chi connectivity index (χ0v) is 18.0. The van der Waals surface area contributed by atoms with Crippen LogP contribution in [0.4, 0.5) is 0 Å². The first kappa shape index (κ1) is 20.5. The molecule has 7 heteroatoms. The molecule has 1 fully saturated rings. The van der Waals surface area contributed by atoms with Gasteiger partial charge in [-0.25, -0.2) is 0 Å². The van der Waals surface area contributed by atoms with Crippen LogP contribution in [0.5, 0.6) is 5.75 Å². The van der Waals surface area contributed by atoms with E-state index < -0.39 is 0 Å². The molecule has 1 saturated heterocycles. The van der Waals surface area contributed by atoms with Crippen LogP contribution in [-0.2, 0) is 7.05 Å². The topological polar surface area (TPSA) is 54.7 Å². The van der Waals surface area contributed by atoms with Crippen molar-refractivity contribution in [3.8, 4) is 5.75 Å². The quantitative estimate of drug-likeness (QED) is 0.416. The lowest BCUT2D eigenvalue weighted by Crippen LogP contribution is -2.43. The van der Waals surface area contributed by atoms with Crippen molar-refractivity contribution in [1.82, 2.24) is 20.0 Å². The molecule has 0 saturated carbocycles. The predicted molar refractivity (Wildman–Crippen MR) is 115 cm³/mol. The molecule has 1 N–H and O–H groups in total. The number of aromatic nitrogens is 2. The number of ether oxygens (including phenoxy) is 1. The van der Waals surface area contributed by atoms with Crippen LogP contribution in [0.25, 0.3) is 0 Å². The van der Waals surface area contributed by atoms with Gasteiger partial charge in [0.1, 0.15) is 11.9 Å². The summed E-state index contributed by atoms with van der Waals surface area (Å²) in [7, 11) is 3.80. The highest BCUT2D eigenvalue weighted by atomic mass is 127. The lowest BCUT2D eigenvalue weighted by molar-refractivity contribution is 0.222. The SMILES string of the molecule is CN=C(NCC(C)Oc1ccccc1)N1CCC(c2cnn(C)c2)C1.I. The molecule has 2 heterocycles. The molecule has 1 aliphatic heterocycles.